The molecule has 0 saturated heterocycles. The zero-order valence-electron chi connectivity index (χ0n) is 9.69. The molecule has 0 aliphatic rings. The van der Waals surface area contributed by atoms with Crippen molar-refractivity contribution in [3.8, 4) is 0 Å². The molecule has 0 saturated carbocycles. The standard InChI is InChI=1S/C10H19N.C2H6/c1-8(2)6-5-7-10(11)9(3)4;1-2/h10H,1,3,5-7,11H2,2,4H3;1-2H3. The molecule has 0 radical (unpaired) electrons. The second kappa shape index (κ2) is 9.53. The van der Waals surface area contributed by atoms with Crippen LogP contribution in [0.4, 0.5) is 0 Å². The summed E-state index contributed by atoms with van der Waals surface area (Å²) >= 11 is 0. The van der Waals surface area contributed by atoms with Gasteiger partial charge in [-0.2, -0.15) is 0 Å². The molecule has 0 aromatic carbocycles. The maximum Gasteiger partial charge on any atom is 0.0248 e. The Bertz CT molecular complexity index is 147. The summed E-state index contributed by atoms with van der Waals surface area (Å²) in [5, 5.41) is 0. The van der Waals surface area contributed by atoms with Crippen molar-refractivity contribution in [3.63, 3.8) is 0 Å². The summed E-state index contributed by atoms with van der Waals surface area (Å²) in [6, 6.07) is 0.175. The quantitative estimate of drug-likeness (QED) is 0.647. The van der Waals surface area contributed by atoms with Crippen molar-refractivity contribution < 1.29 is 0 Å². The molecule has 0 aliphatic carbocycles. The van der Waals surface area contributed by atoms with Crippen molar-refractivity contribution in [2.45, 2.75) is 53.0 Å². The average Bonchev–Trinajstić information content (AvgIpc) is 2.07. The smallest absolute Gasteiger partial charge is 0.0248 e. The third-order valence-electron chi connectivity index (χ3n) is 1.75. The number of allylic oxidation sites excluding steroid dienone is 1. The Hall–Kier alpha value is -0.560. The van der Waals surface area contributed by atoms with E-state index < -0.39 is 0 Å². The minimum Gasteiger partial charge on any atom is -0.324 e. The molecule has 0 fully saturated rings. The van der Waals surface area contributed by atoms with Gasteiger partial charge in [-0.25, -0.2) is 0 Å². The Morgan fingerprint density at radius 3 is 2.00 bits per heavy atom. The van der Waals surface area contributed by atoms with Crippen LogP contribution in [0.15, 0.2) is 24.3 Å². The Kier molecular flexibility index (Phi) is 10.9. The molecule has 0 bridgehead atoms. The highest BCUT2D eigenvalue weighted by Crippen LogP contribution is 2.08. The lowest BCUT2D eigenvalue weighted by molar-refractivity contribution is 0.642. The van der Waals surface area contributed by atoms with Crippen LogP contribution < -0.4 is 5.73 Å². The van der Waals surface area contributed by atoms with Crippen LogP contribution in [-0.2, 0) is 0 Å². The molecule has 0 spiro atoms. The molecule has 13 heavy (non-hydrogen) atoms. The fourth-order valence-electron chi connectivity index (χ4n) is 0.870. The first kappa shape index (κ1) is 14.9. The van der Waals surface area contributed by atoms with Crippen LogP contribution in [0.3, 0.4) is 0 Å². The lowest BCUT2D eigenvalue weighted by atomic mass is 10.0. The number of hydrogen-bond donors (Lipinski definition) is 1. The van der Waals surface area contributed by atoms with Gasteiger partial charge in [-0.05, 0) is 33.1 Å². The predicted molar refractivity (Wildman–Crippen MR) is 62.8 cm³/mol. The van der Waals surface area contributed by atoms with Gasteiger partial charge >= 0.3 is 0 Å². The highest BCUT2D eigenvalue weighted by Gasteiger charge is 2.01. The SMILES string of the molecule is C=C(C)CCCC(N)C(=C)C.CC. The average molecular weight is 183 g/mol. The highest BCUT2D eigenvalue weighted by molar-refractivity contribution is 5.00. The van der Waals surface area contributed by atoms with Crippen molar-refractivity contribution >= 4 is 0 Å². The van der Waals surface area contributed by atoms with E-state index in [9.17, 15) is 0 Å². The van der Waals surface area contributed by atoms with Crippen molar-refractivity contribution in [1.29, 1.82) is 0 Å². The van der Waals surface area contributed by atoms with Gasteiger partial charge in [0.1, 0.15) is 0 Å². The van der Waals surface area contributed by atoms with Crippen LogP contribution >= 0.6 is 0 Å². The third-order valence-corrected chi connectivity index (χ3v) is 1.75. The molecular formula is C12H25N. The molecule has 78 valence electrons. The second-order valence-electron chi connectivity index (χ2n) is 3.30. The third kappa shape index (κ3) is 11.4. The van der Waals surface area contributed by atoms with Crippen LogP contribution in [-0.4, -0.2) is 6.04 Å². The Balaban J connectivity index is 0. The minimum absolute atomic E-state index is 0.175. The van der Waals surface area contributed by atoms with E-state index in [1.54, 1.807) is 0 Å². The van der Waals surface area contributed by atoms with Gasteiger partial charge in [-0.3, -0.25) is 0 Å². The Morgan fingerprint density at radius 1 is 1.23 bits per heavy atom. The van der Waals surface area contributed by atoms with Crippen LogP contribution in [0.25, 0.3) is 0 Å². The molecule has 1 nitrogen and oxygen atoms in total. The second-order valence-corrected chi connectivity index (χ2v) is 3.30. The first-order valence-corrected chi connectivity index (χ1v) is 5.09. The van der Waals surface area contributed by atoms with Gasteiger partial charge in [0.15, 0.2) is 0 Å². The molecule has 0 amide bonds. The molecule has 2 N–H and O–H groups in total. The summed E-state index contributed by atoms with van der Waals surface area (Å²) in [5.74, 6) is 0. The Labute approximate surface area is 83.7 Å². The van der Waals surface area contributed by atoms with Crippen molar-refractivity contribution in [2.75, 3.05) is 0 Å². The van der Waals surface area contributed by atoms with E-state index in [1.165, 1.54) is 5.57 Å². The molecule has 1 atom stereocenters. The van der Waals surface area contributed by atoms with Gasteiger partial charge in [-0.1, -0.05) is 31.6 Å². The number of hydrogen-bond acceptors (Lipinski definition) is 1. The molecule has 1 heteroatoms. The van der Waals surface area contributed by atoms with Crippen LogP contribution in [0, 0.1) is 0 Å². The molecular weight excluding hydrogens is 158 g/mol. The van der Waals surface area contributed by atoms with E-state index in [4.69, 9.17) is 5.73 Å². The summed E-state index contributed by atoms with van der Waals surface area (Å²) in [7, 11) is 0. The number of rotatable bonds is 5. The first-order valence-electron chi connectivity index (χ1n) is 5.09. The summed E-state index contributed by atoms with van der Waals surface area (Å²) < 4.78 is 0. The Morgan fingerprint density at radius 2 is 1.69 bits per heavy atom. The molecule has 0 aromatic rings. The van der Waals surface area contributed by atoms with E-state index in [2.05, 4.69) is 13.2 Å². The maximum absolute atomic E-state index is 5.77. The van der Waals surface area contributed by atoms with E-state index in [0.717, 1.165) is 24.8 Å². The van der Waals surface area contributed by atoms with Gasteiger partial charge < -0.3 is 5.73 Å². The lowest BCUT2D eigenvalue weighted by Gasteiger charge is -2.10. The minimum atomic E-state index is 0.175. The fourth-order valence-corrected chi connectivity index (χ4v) is 0.870. The summed E-state index contributed by atoms with van der Waals surface area (Å²) in [5.41, 5.74) is 8.08. The largest absolute Gasteiger partial charge is 0.324 e. The van der Waals surface area contributed by atoms with Gasteiger partial charge in [0.05, 0.1) is 0 Å². The first-order chi connectivity index (χ1) is 6.04. The molecule has 0 rings (SSSR count). The van der Waals surface area contributed by atoms with Crippen LogP contribution in [0.5, 0.6) is 0 Å². The highest BCUT2D eigenvalue weighted by atomic mass is 14.6. The zero-order valence-corrected chi connectivity index (χ0v) is 9.69. The van der Waals surface area contributed by atoms with Crippen LogP contribution in [0.2, 0.25) is 0 Å². The maximum atomic E-state index is 5.77. The number of nitrogens with two attached hydrogens (primary N) is 1. The van der Waals surface area contributed by atoms with Gasteiger partial charge in [0.2, 0.25) is 0 Å². The van der Waals surface area contributed by atoms with Gasteiger partial charge in [0.25, 0.3) is 0 Å². The van der Waals surface area contributed by atoms with E-state index in [1.807, 2.05) is 27.7 Å². The van der Waals surface area contributed by atoms with Crippen molar-refractivity contribution in [2.24, 2.45) is 5.73 Å². The van der Waals surface area contributed by atoms with E-state index >= 15 is 0 Å². The molecule has 0 aliphatic heterocycles. The molecule has 1 unspecified atom stereocenters. The van der Waals surface area contributed by atoms with E-state index in [0.29, 0.717) is 0 Å². The normalized spacial score (nSPS) is 11.2. The van der Waals surface area contributed by atoms with Gasteiger partial charge in [-0.15, -0.1) is 6.58 Å². The van der Waals surface area contributed by atoms with E-state index in [-0.39, 0.29) is 6.04 Å². The van der Waals surface area contributed by atoms with Crippen molar-refractivity contribution in [1.82, 2.24) is 0 Å². The summed E-state index contributed by atoms with van der Waals surface area (Å²) in [6.45, 7) is 15.7. The zero-order chi connectivity index (χ0) is 10.9. The predicted octanol–water partition coefficient (Wildman–Crippen LogP) is 3.66. The topological polar surface area (TPSA) is 26.0 Å². The van der Waals surface area contributed by atoms with Crippen molar-refractivity contribution in [3.05, 3.63) is 24.3 Å². The summed E-state index contributed by atoms with van der Waals surface area (Å²) in [4.78, 5) is 0. The fraction of sp³-hybridized carbons (Fsp3) is 0.667. The van der Waals surface area contributed by atoms with Gasteiger partial charge in [0, 0.05) is 6.04 Å². The summed E-state index contributed by atoms with van der Waals surface area (Å²) in [6.07, 6.45) is 3.24. The van der Waals surface area contributed by atoms with Crippen LogP contribution in [0.1, 0.15) is 47.0 Å². The molecule has 0 heterocycles. The molecule has 0 aromatic heterocycles. The lowest BCUT2D eigenvalue weighted by Crippen LogP contribution is -2.20. The monoisotopic (exact) mass is 183 g/mol.